The van der Waals surface area contributed by atoms with E-state index in [0.29, 0.717) is 0 Å². The molecule has 0 aromatic heterocycles. The van der Waals surface area contributed by atoms with Crippen LogP contribution in [0.15, 0.2) is 0 Å². The number of hydrogen-bond donors (Lipinski definition) is 1. The van der Waals surface area contributed by atoms with Crippen molar-refractivity contribution in [2.24, 2.45) is 5.92 Å². The third-order valence-electron chi connectivity index (χ3n) is 3.20. The van der Waals surface area contributed by atoms with Gasteiger partial charge in [-0.1, -0.05) is 29.8 Å². The molecule has 0 radical (unpaired) electrons. The molecule has 3 heteroatoms. The van der Waals surface area contributed by atoms with E-state index in [1.807, 2.05) is 0 Å². The van der Waals surface area contributed by atoms with Crippen molar-refractivity contribution >= 4 is 15.9 Å². The highest BCUT2D eigenvalue weighted by Gasteiger charge is 2.13. The zero-order chi connectivity index (χ0) is 11.1. The SMILES string of the molecule is CCC(Br)CCC(C)CN1CCNCC1. The van der Waals surface area contributed by atoms with Gasteiger partial charge in [-0.3, -0.25) is 0 Å². The average Bonchev–Trinajstić information content (AvgIpc) is 2.27. The Labute approximate surface area is 103 Å². The van der Waals surface area contributed by atoms with Gasteiger partial charge in [0.15, 0.2) is 0 Å². The number of nitrogens with one attached hydrogen (secondary N) is 1. The number of hydrogen-bond acceptors (Lipinski definition) is 2. The lowest BCUT2D eigenvalue weighted by atomic mass is 10.0. The van der Waals surface area contributed by atoms with Gasteiger partial charge in [0.05, 0.1) is 0 Å². The molecule has 2 nitrogen and oxygen atoms in total. The largest absolute Gasteiger partial charge is 0.314 e. The molecule has 0 aliphatic carbocycles. The lowest BCUT2D eigenvalue weighted by Crippen LogP contribution is -2.45. The Morgan fingerprint density at radius 2 is 1.93 bits per heavy atom. The lowest BCUT2D eigenvalue weighted by molar-refractivity contribution is 0.206. The molecule has 1 saturated heterocycles. The van der Waals surface area contributed by atoms with Crippen LogP contribution in [0.5, 0.6) is 0 Å². The van der Waals surface area contributed by atoms with E-state index in [4.69, 9.17) is 0 Å². The number of alkyl halides is 1. The molecular formula is C12H25BrN2. The van der Waals surface area contributed by atoms with Crippen LogP contribution in [0, 0.1) is 5.92 Å². The van der Waals surface area contributed by atoms with E-state index in [1.54, 1.807) is 0 Å². The first-order valence-electron chi connectivity index (χ1n) is 6.29. The van der Waals surface area contributed by atoms with Crippen molar-refractivity contribution in [3.05, 3.63) is 0 Å². The summed E-state index contributed by atoms with van der Waals surface area (Å²) in [6, 6.07) is 0. The van der Waals surface area contributed by atoms with E-state index >= 15 is 0 Å². The second-order valence-corrected chi connectivity index (χ2v) is 6.03. The van der Waals surface area contributed by atoms with E-state index in [0.717, 1.165) is 10.7 Å². The average molecular weight is 277 g/mol. The van der Waals surface area contributed by atoms with Crippen molar-refractivity contribution in [1.82, 2.24) is 10.2 Å². The molecule has 1 fully saturated rings. The fourth-order valence-electron chi connectivity index (χ4n) is 2.10. The fraction of sp³-hybridized carbons (Fsp3) is 1.00. The van der Waals surface area contributed by atoms with Crippen molar-refractivity contribution < 1.29 is 0 Å². The highest BCUT2D eigenvalue weighted by Crippen LogP contribution is 2.17. The van der Waals surface area contributed by atoms with Crippen LogP contribution in [-0.4, -0.2) is 42.5 Å². The number of halogens is 1. The van der Waals surface area contributed by atoms with Gasteiger partial charge >= 0.3 is 0 Å². The van der Waals surface area contributed by atoms with Crippen molar-refractivity contribution in [3.8, 4) is 0 Å². The summed E-state index contributed by atoms with van der Waals surface area (Å²) in [4.78, 5) is 3.32. The third-order valence-corrected chi connectivity index (χ3v) is 4.30. The Hall–Kier alpha value is 0.400. The minimum atomic E-state index is 0.725. The summed E-state index contributed by atoms with van der Waals surface area (Å²) in [6.45, 7) is 10.7. The standard InChI is InChI=1S/C12H25BrN2/c1-3-12(13)5-4-11(2)10-15-8-6-14-7-9-15/h11-12,14H,3-10H2,1-2H3. The summed E-state index contributed by atoms with van der Waals surface area (Å²) in [6.07, 6.45) is 3.93. The summed E-state index contributed by atoms with van der Waals surface area (Å²) in [5.74, 6) is 0.842. The maximum atomic E-state index is 3.71. The Morgan fingerprint density at radius 1 is 1.27 bits per heavy atom. The Kier molecular flexibility index (Phi) is 6.86. The molecule has 90 valence electrons. The van der Waals surface area contributed by atoms with Crippen LogP contribution in [0.2, 0.25) is 0 Å². The number of piperazine rings is 1. The monoisotopic (exact) mass is 276 g/mol. The smallest absolute Gasteiger partial charge is 0.0143 e. The van der Waals surface area contributed by atoms with Gasteiger partial charge in [0.2, 0.25) is 0 Å². The van der Waals surface area contributed by atoms with Gasteiger partial charge in [0, 0.05) is 37.6 Å². The topological polar surface area (TPSA) is 15.3 Å². The van der Waals surface area contributed by atoms with Crippen LogP contribution in [-0.2, 0) is 0 Å². The minimum absolute atomic E-state index is 0.725. The molecule has 0 bridgehead atoms. The summed E-state index contributed by atoms with van der Waals surface area (Å²) < 4.78 is 0. The third kappa shape index (κ3) is 5.88. The minimum Gasteiger partial charge on any atom is -0.314 e. The van der Waals surface area contributed by atoms with Gasteiger partial charge in [0.1, 0.15) is 0 Å². The second-order valence-electron chi connectivity index (χ2n) is 4.74. The van der Waals surface area contributed by atoms with E-state index in [2.05, 4.69) is 40.0 Å². The molecule has 1 heterocycles. The van der Waals surface area contributed by atoms with E-state index in [-0.39, 0.29) is 0 Å². The van der Waals surface area contributed by atoms with Crippen LogP contribution in [0.1, 0.15) is 33.1 Å². The van der Waals surface area contributed by atoms with Gasteiger partial charge in [-0.05, 0) is 25.2 Å². The highest BCUT2D eigenvalue weighted by molar-refractivity contribution is 9.09. The molecule has 0 saturated carbocycles. The lowest BCUT2D eigenvalue weighted by Gasteiger charge is -2.29. The number of rotatable bonds is 6. The zero-order valence-corrected chi connectivity index (χ0v) is 11.7. The molecule has 1 aliphatic heterocycles. The first-order chi connectivity index (χ1) is 7.22. The van der Waals surface area contributed by atoms with Crippen LogP contribution < -0.4 is 5.32 Å². The quantitative estimate of drug-likeness (QED) is 0.750. The predicted octanol–water partition coefficient (Wildman–Crippen LogP) is 2.48. The van der Waals surface area contributed by atoms with E-state index < -0.39 is 0 Å². The predicted molar refractivity (Wildman–Crippen MR) is 70.7 cm³/mol. The molecule has 2 unspecified atom stereocenters. The van der Waals surface area contributed by atoms with Crippen LogP contribution >= 0.6 is 15.9 Å². The zero-order valence-electron chi connectivity index (χ0n) is 10.1. The van der Waals surface area contributed by atoms with Crippen molar-refractivity contribution in [2.75, 3.05) is 32.7 Å². The van der Waals surface area contributed by atoms with Gasteiger partial charge in [-0.15, -0.1) is 0 Å². The normalized spacial score (nSPS) is 22.6. The van der Waals surface area contributed by atoms with Crippen LogP contribution in [0.3, 0.4) is 0 Å². The van der Waals surface area contributed by atoms with Crippen LogP contribution in [0.25, 0.3) is 0 Å². The maximum absolute atomic E-state index is 3.71. The molecule has 0 aromatic carbocycles. The van der Waals surface area contributed by atoms with Crippen LogP contribution in [0.4, 0.5) is 0 Å². The highest BCUT2D eigenvalue weighted by atomic mass is 79.9. The Balaban J connectivity index is 2.08. The molecule has 0 spiro atoms. The molecule has 1 rings (SSSR count). The first-order valence-corrected chi connectivity index (χ1v) is 7.21. The maximum Gasteiger partial charge on any atom is 0.0143 e. The van der Waals surface area contributed by atoms with Crippen molar-refractivity contribution in [1.29, 1.82) is 0 Å². The van der Waals surface area contributed by atoms with Crippen molar-refractivity contribution in [2.45, 2.75) is 37.9 Å². The Morgan fingerprint density at radius 3 is 2.53 bits per heavy atom. The molecule has 1 N–H and O–H groups in total. The molecule has 15 heavy (non-hydrogen) atoms. The van der Waals surface area contributed by atoms with Gasteiger partial charge in [-0.2, -0.15) is 0 Å². The van der Waals surface area contributed by atoms with Gasteiger partial charge in [-0.25, -0.2) is 0 Å². The molecule has 1 aliphatic rings. The summed E-state index contributed by atoms with van der Waals surface area (Å²) in [5, 5.41) is 3.40. The number of nitrogens with zero attached hydrogens (tertiary/aromatic N) is 1. The first kappa shape index (κ1) is 13.5. The molecule has 0 amide bonds. The van der Waals surface area contributed by atoms with Crippen molar-refractivity contribution in [3.63, 3.8) is 0 Å². The Bertz CT molecular complexity index is 158. The van der Waals surface area contributed by atoms with E-state index in [9.17, 15) is 0 Å². The van der Waals surface area contributed by atoms with Gasteiger partial charge < -0.3 is 10.2 Å². The van der Waals surface area contributed by atoms with E-state index in [1.165, 1.54) is 52.0 Å². The second kappa shape index (κ2) is 7.64. The summed E-state index contributed by atoms with van der Waals surface area (Å²) >= 11 is 3.71. The fourth-order valence-corrected chi connectivity index (χ4v) is 2.36. The molecule has 0 aromatic rings. The summed E-state index contributed by atoms with van der Waals surface area (Å²) in [5.41, 5.74) is 0. The van der Waals surface area contributed by atoms with Gasteiger partial charge in [0.25, 0.3) is 0 Å². The molecule has 2 atom stereocenters. The molecular weight excluding hydrogens is 252 g/mol. The summed E-state index contributed by atoms with van der Waals surface area (Å²) in [7, 11) is 0.